The van der Waals surface area contributed by atoms with Gasteiger partial charge in [-0.3, -0.25) is 0 Å². The molecule has 0 spiro atoms. The fraction of sp³-hybridized carbons (Fsp3) is 0.0847. The second kappa shape index (κ2) is 16.8. The zero-order valence-electron chi connectivity index (χ0n) is 35.6. The molecule has 0 N–H and O–H groups in total. The van der Waals surface area contributed by atoms with Gasteiger partial charge in [0, 0.05) is 0 Å². The summed E-state index contributed by atoms with van der Waals surface area (Å²) in [4.78, 5) is 0. The van der Waals surface area contributed by atoms with Crippen molar-refractivity contribution in [1.29, 1.82) is 0 Å². The van der Waals surface area contributed by atoms with E-state index in [-0.39, 0.29) is 5.41 Å². The summed E-state index contributed by atoms with van der Waals surface area (Å²) in [5.74, 6) is 0. The number of rotatable bonds is 10. The Morgan fingerprint density at radius 2 is 0.557 bits per heavy atom. The zero-order valence-corrected chi connectivity index (χ0v) is 37.6. The van der Waals surface area contributed by atoms with Gasteiger partial charge in [0.2, 0.25) is 0 Å². The first kappa shape index (κ1) is 39.9. The van der Waals surface area contributed by atoms with Gasteiger partial charge in [0.25, 0.3) is 0 Å². The first-order chi connectivity index (χ1) is 29.8. The molecule has 9 rings (SSSR count). The third-order valence-electron chi connectivity index (χ3n) is 12.5. The van der Waals surface area contributed by atoms with Crippen molar-refractivity contribution in [2.75, 3.05) is 0 Å². The van der Waals surface area contributed by atoms with Gasteiger partial charge < -0.3 is 0 Å². The predicted octanol–water partition coefficient (Wildman–Crippen LogP) is 9.38. The average Bonchev–Trinajstić information content (AvgIpc) is 3.32. The normalized spacial score (nSPS) is 11.9. The van der Waals surface area contributed by atoms with Gasteiger partial charge in [-0.2, -0.15) is 0 Å². The van der Waals surface area contributed by atoms with Crippen LogP contribution in [0.4, 0.5) is 0 Å². The highest BCUT2D eigenvalue weighted by atomic mass is 28.3. The molecule has 0 fully saturated rings. The molecule has 0 heterocycles. The minimum atomic E-state index is -2.75. The molecule has 9 aromatic carbocycles. The van der Waals surface area contributed by atoms with Crippen LogP contribution in [0.1, 0.15) is 31.9 Å². The molecule has 0 amide bonds. The molecule has 0 aromatic heterocycles. The van der Waals surface area contributed by atoms with Crippen molar-refractivity contribution >= 4 is 57.6 Å². The minimum Gasteiger partial charge on any atom is -0.0623 e. The monoisotopic (exact) mass is 816 g/mol. The number of aryl methyl sites for hydroxylation is 1. The van der Waals surface area contributed by atoms with Crippen molar-refractivity contribution in [3.8, 4) is 22.3 Å². The van der Waals surface area contributed by atoms with Crippen molar-refractivity contribution in [3.63, 3.8) is 0 Å². The van der Waals surface area contributed by atoms with Crippen LogP contribution in [-0.4, -0.2) is 16.1 Å². The molecule has 0 unspecified atom stereocenters. The molecule has 0 atom stereocenters. The van der Waals surface area contributed by atoms with Gasteiger partial charge in [-0.1, -0.05) is 269 Å². The van der Waals surface area contributed by atoms with Crippen LogP contribution in [0.25, 0.3) is 22.3 Å². The van der Waals surface area contributed by atoms with Gasteiger partial charge in [-0.25, -0.2) is 0 Å². The van der Waals surface area contributed by atoms with Crippen LogP contribution in [-0.2, 0) is 5.41 Å². The highest BCUT2D eigenvalue weighted by Gasteiger charge is 2.43. The Balaban J connectivity index is 1.27. The number of hydrogen-bond acceptors (Lipinski definition) is 0. The van der Waals surface area contributed by atoms with E-state index in [1.54, 1.807) is 0 Å². The lowest BCUT2D eigenvalue weighted by molar-refractivity contribution is 0.593. The Labute approximate surface area is 364 Å². The van der Waals surface area contributed by atoms with Crippen molar-refractivity contribution < 1.29 is 0 Å². The molecule has 0 saturated heterocycles. The van der Waals surface area contributed by atoms with Gasteiger partial charge in [0.15, 0.2) is 16.1 Å². The van der Waals surface area contributed by atoms with Crippen molar-refractivity contribution in [2.24, 2.45) is 0 Å². The van der Waals surface area contributed by atoms with Crippen LogP contribution in [0.15, 0.2) is 243 Å². The van der Waals surface area contributed by atoms with E-state index in [0.29, 0.717) is 0 Å². The van der Waals surface area contributed by atoms with Gasteiger partial charge in [-0.05, 0) is 81.6 Å². The third kappa shape index (κ3) is 7.26. The fourth-order valence-electron chi connectivity index (χ4n) is 9.93. The molecule has 0 radical (unpaired) electrons. The molecular weight excluding hydrogens is 765 g/mol. The third-order valence-corrected chi connectivity index (χ3v) is 22.1. The molecule has 2 heteroatoms. The smallest absolute Gasteiger partial charge is 0.0623 e. The first-order valence-electron chi connectivity index (χ1n) is 21.5. The maximum Gasteiger partial charge on any atom is 0.179 e. The van der Waals surface area contributed by atoms with E-state index in [1.165, 1.54) is 74.9 Å². The molecule has 61 heavy (non-hydrogen) atoms. The Kier molecular flexibility index (Phi) is 11.0. The maximum atomic E-state index is 2.52. The van der Waals surface area contributed by atoms with Gasteiger partial charge >= 0.3 is 0 Å². The SMILES string of the molecule is Cc1ccc([Si](c2ccccc2)(c2ccccc2)c2cccc(-c3cccc(-c4cccc([Si](c5ccccc5)(c5ccccc5)c5ccccc5)c4)c3C(C)(C)C)c2)cc1. The summed E-state index contributed by atoms with van der Waals surface area (Å²) < 4.78 is 0. The van der Waals surface area contributed by atoms with Gasteiger partial charge in [-0.15, -0.1) is 0 Å². The lowest BCUT2D eigenvalue weighted by Gasteiger charge is -2.35. The first-order valence-corrected chi connectivity index (χ1v) is 25.5. The lowest BCUT2D eigenvalue weighted by atomic mass is 9.77. The van der Waals surface area contributed by atoms with E-state index < -0.39 is 16.1 Å². The molecule has 0 saturated carbocycles. The topological polar surface area (TPSA) is 0 Å². The fourth-order valence-corrected chi connectivity index (χ4v) is 19.5. The maximum absolute atomic E-state index is 2.75. The summed E-state index contributed by atoms with van der Waals surface area (Å²) >= 11 is 0. The van der Waals surface area contributed by atoms with E-state index in [0.717, 1.165) is 0 Å². The van der Waals surface area contributed by atoms with E-state index in [4.69, 9.17) is 0 Å². The molecular formula is C59H52Si2. The molecule has 0 nitrogen and oxygen atoms in total. The van der Waals surface area contributed by atoms with Gasteiger partial charge in [0.05, 0.1) is 0 Å². The van der Waals surface area contributed by atoms with Gasteiger partial charge in [0.1, 0.15) is 0 Å². The molecule has 0 aliphatic carbocycles. The second-order valence-electron chi connectivity index (χ2n) is 17.3. The Hall–Kier alpha value is -6.59. The number of hydrogen-bond donors (Lipinski definition) is 0. The standard InChI is InChI=1S/C59H52Si2/c1-45-39-41-53(42-40-45)61(51-31-16-8-17-32-51,52-33-18-9-19-34-52)55-36-21-24-47(44-55)57-38-22-37-56(58(57)59(2,3)4)46-23-20-35-54(43-46)60(48-25-10-5-11-26-48,49-27-12-6-13-28-49)50-29-14-7-15-30-50/h5-44H,1-4H3. The highest BCUT2D eigenvalue weighted by molar-refractivity contribution is 7.20. The summed E-state index contributed by atoms with van der Waals surface area (Å²) in [6, 6.07) is 91.6. The molecule has 0 aliphatic heterocycles. The largest absolute Gasteiger partial charge is 0.179 e. The lowest BCUT2D eigenvalue weighted by Crippen LogP contribution is -2.74. The second-order valence-corrected chi connectivity index (χ2v) is 25.0. The Morgan fingerprint density at radius 3 is 0.869 bits per heavy atom. The molecule has 296 valence electrons. The molecule has 0 aliphatic rings. The molecule has 0 bridgehead atoms. The zero-order chi connectivity index (χ0) is 41.9. The highest BCUT2D eigenvalue weighted by Crippen LogP contribution is 2.40. The molecule has 9 aromatic rings. The quantitative estimate of drug-likeness (QED) is 0.0954. The van der Waals surface area contributed by atoms with Crippen molar-refractivity contribution in [3.05, 3.63) is 254 Å². The Morgan fingerprint density at radius 1 is 0.279 bits per heavy atom. The summed E-state index contributed by atoms with van der Waals surface area (Å²) in [6.45, 7) is 9.31. The van der Waals surface area contributed by atoms with Crippen LogP contribution in [0.5, 0.6) is 0 Å². The number of benzene rings is 9. The average molecular weight is 817 g/mol. The summed E-state index contributed by atoms with van der Waals surface area (Å²) in [5, 5.41) is 11.0. The Bertz CT molecular complexity index is 2730. The summed E-state index contributed by atoms with van der Waals surface area (Å²) in [6.07, 6.45) is 0. The summed E-state index contributed by atoms with van der Waals surface area (Å²) in [7, 11) is -5.48. The van der Waals surface area contributed by atoms with E-state index in [9.17, 15) is 0 Å². The van der Waals surface area contributed by atoms with Crippen molar-refractivity contribution in [1.82, 2.24) is 0 Å². The van der Waals surface area contributed by atoms with Crippen molar-refractivity contribution in [2.45, 2.75) is 33.1 Å². The summed E-state index contributed by atoms with van der Waals surface area (Å²) in [5.41, 5.74) is 7.53. The minimum absolute atomic E-state index is 0.158. The van der Waals surface area contributed by atoms with E-state index in [2.05, 4.69) is 270 Å². The van der Waals surface area contributed by atoms with Crippen LogP contribution in [0.2, 0.25) is 0 Å². The van der Waals surface area contributed by atoms with Crippen LogP contribution in [0, 0.1) is 6.92 Å². The predicted molar refractivity (Wildman–Crippen MR) is 268 cm³/mol. The van der Waals surface area contributed by atoms with Crippen LogP contribution >= 0.6 is 0 Å². The van der Waals surface area contributed by atoms with Crippen LogP contribution in [0.3, 0.4) is 0 Å². The van der Waals surface area contributed by atoms with Crippen LogP contribution < -0.4 is 41.5 Å². The van der Waals surface area contributed by atoms with E-state index in [1.807, 2.05) is 0 Å². The van der Waals surface area contributed by atoms with E-state index >= 15 is 0 Å².